The maximum atomic E-state index is 13.7. The molecule has 3 heterocycles. The molecule has 4 aliphatic rings. The van der Waals surface area contributed by atoms with E-state index in [1.54, 1.807) is 42.6 Å². The molecule has 2 aliphatic heterocycles. The molecule has 7 rings (SSSR count). The SMILES string of the molecule is O=C1NS(=O)(=O)[C@@H](c2ccccn2)CC/C=C\[C@H](O)[C@@H]2CC[C@H]2CN2C[C@@]3(CCCc4cc(Cl)ccc43)COc3ccc1cc32. The van der Waals surface area contributed by atoms with Gasteiger partial charge in [0.25, 0.3) is 5.91 Å². The number of benzene rings is 2. The lowest BCUT2D eigenvalue weighted by molar-refractivity contribution is 0.0456. The van der Waals surface area contributed by atoms with Crippen LogP contribution in [-0.4, -0.2) is 50.2 Å². The summed E-state index contributed by atoms with van der Waals surface area (Å²) in [6.45, 7) is 1.85. The second-order valence-corrected chi connectivity index (χ2v) is 15.3. The van der Waals surface area contributed by atoms with Gasteiger partial charge in [-0.05, 0) is 110 Å². The number of halogens is 1. The van der Waals surface area contributed by atoms with Crippen molar-refractivity contribution in [3.05, 3.63) is 100 Å². The summed E-state index contributed by atoms with van der Waals surface area (Å²) in [4.78, 5) is 20.2. The van der Waals surface area contributed by atoms with Crippen molar-refractivity contribution in [2.45, 2.75) is 61.7 Å². The van der Waals surface area contributed by atoms with Crippen LogP contribution < -0.4 is 14.4 Å². The van der Waals surface area contributed by atoms with Crippen LogP contribution in [0.5, 0.6) is 5.75 Å². The number of aliphatic hydroxyl groups excluding tert-OH is 1. The van der Waals surface area contributed by atoms with Gasteiger partial charge >= 0.3 is 0 Å². The lowest BCUT2D eigenvalue weighted by Crippen LogP contribution is -2.49. The van der Waals surface area contributed by atoms with E-state index < -0.39 is 27.3 Å². The fraction of sp³-hybridized carbons (Fsp3) is 0.429. The molecule has 2 bridgehead atoms. The second-order valence-electron chi connectivity index (χ2n) is 13.0. The van der Waals surface area contributed by atoms with Crippen molar-refractivity contribution in [1.82, 2.24) is 9.71 Å². The van der Waals surface area contributed by atoms with Gasteiger partial charge in [0.2, 0.25) is 10.0 Å². The number of nitrogens with zero attached hydrogens (tertiary/aromatic N) is 2. The van der Waals surface area contributed by atoms with Gasteiger partial charge in [0.15, 0.2) is 0 Å². The fourth-order valence-electron chi connectivity index (χ4n) is 7.72. The number of rotatable bonds is 1. The molecule has 1 saturated carbocycles. The molecule has 1 aromatic heterocycles. The normalized spacial score (nSPS) is 30.1. The molecule has 236 valence electrons. The predicted octanol–water partition coefficient (Wildman–Crippen LogP) is 5.75. The predicted molar refractivity (Wildman–Crippen MR) is 174 cm³/mol. The Morgan fingerprint density at radius 3 is 2.78 bits per heavy atom. The van der Waals surface area contributed by atoms with Crippen molar-refractivity contribution >= 4 is 33.2 Å². The van der Waals surface area contributed by atoms with Gasteiger partial charge in [-0.25, -0.2) is 13.1 Å². The lowest BCUT2D eigenvalue weighted by atomic mass is 9.68. The Bertz CT molecular complexity index is 1730. The molecule has 2 aromatic carbocycles. The molecule has 1 fully saturated rings. The standard InChI is InChI=1S/C35H38ClN3O5S/c36-26-12-14-28-23(18-26)6-5-16-35(28)21-39-20-25-10-13-27(25)31(40)8-1-2-9-33(29-7-3-4-17-37-29)45(42,43)38-34(41)24-11-15-32(44-22-35)30(39)19-24/h1,3-4,7-8,11-12,14-15,17-19,25,27,31,33,40H,2,5-6,9-10,13,16,20-22H2,(H,38,41)/b8-1-/t25-,27+,31-,33+,35-/m0/s1. The molecule has 3 aromatic rings. The zero-order valence-corrected chi connectivity index (χ0v) is 26.6. The van der Waals surface area contributed by atoms with Gasteiger partial charge in [-0.15, -0.1) is 0 Å². The minimum atomic E-state index is -4.14. The number of fused-ring (bicyclic) bond motifs is 4. The number of ether oxygens (including phenoxy) is 1. The first kappa shape index (κ1) is 30.3. The van der Waals surface area contributed by atoms with Crippen LogP contribution >= 0.6 is 11.6 Å². The number of aryl methyl sites for hydroxylation is 1. The first-order chi connectivity index (χ1) is 21.7. The zero-order chi connectivity index (χ0) is 31.2. The topological polar surface area (TPSA) is 109 Å². The van der Waals surface area contributed by atoms with Crippen LogP contribution in [0.25, 0.3) is 0 Å². The summed E-state index contributed by atoms with van der Waals surface area (Å²) < 4.78 is 36.2. The summed E-state index contributed by atoms with van der Waals surface area (Å²) in [6.07, 6.45) is 10.1. The first-order valence-electron chi connectivity index (χ1n) is 15.8. The molecule has 2 aliphatic carbocycles. The number of aromatic nitrogens is 1. The largest absolute Gasteiger partial charge is 0.490 e. The van der Waals surface area contributed by atoms with E-state index in [9.17, 15) is 18.3 Å². The van der Waals surface area contributed by atoms with Gasteiger partial charge < -0.3 is 14.7 Å². The summed E-state index contributed by atoms with van der Waals surface area (Å²) in [7, 11) is -4.14. The highest BCUT2D eigenvalue weighted by Gasteiger charge is 2.44. The number of nitrogens with one attached hydrogen (secondary N) is 1. The van der Waals surface area contributed by atoms with Gasteiger partial charge in [0.1, 0.15) is 11.0 Å². The summed E-state index contributed by atoms with van der Waals surface area (Å²) in [6, 6.07) is 16.4. The van der Waals surface area contributed by atoms with Crippen LogP contribution in [0.3, 0.4) is 0 Å². The van der Waals surface area contributed by atoms with Gasteiger partial charge in [-0.2, -0.15) is 0 Å². The van der Waals surface area contributed by atoms with E-state index in [1.165, 1.54) is 11.1 Å². The number of aliphatic hydroxyl groups is 1. The fourth-order valence-corrected chi connectivity index (χ4v) is 9.34. The average Bonchev–Trinajstić information content (AvgIpc) is 3.15. The smallest absolute Gasteiger partial charge is 0.264 e. The molecule has 2 N–H and O–H groups in total. The molecule has 0 saturated heterocycles. The molecule has 0 unspecified atom stereocenters. The van der Waals surface area contributed by atoms with Crippen molar-refractivity contribution in [2.75, 3.05) is 24.6 Å². The van der Waals surface area contributed by atoms with E-state index in [0.717, 1.165) is 42.8 Å². The van der Waals surface area contributed by atoms with Crippen LogP contribution in [-0.2, 0) is 21.9 Å². The maximum Gasteiger partial charge on any atom is 0.264 e. The molecular formula is C35H38ClN3O5S. The van der Waals surface area contributed by atoms with Crippen molar-refractivity contribution in [3.8, 4) is 5.75 Å². The Balaban J connectivity index is 1.29. The Labute approximate surface area is 269 Å². The quantitative estimate of drug-likeness (QED) is 0.324. The van der Waals surface area contributed by atoms with Crippen molar-refractivity contribution < 1.29 is 23.1 Å². The maximum absolute atomic E-state index is 13.7. The van der Waals surface area contributed by atoms with Crippen LogP contribution in [0.2, 0.25) is 5.02 Å². The first-order valence-corrected chi connectivity index (χ1v) is 17.8. The third-order valence-corrected chi connectivity index (χ3v) is 12.2. The highest BCUT2D eigenvalue weighted by atomic mass is 35.5. The lowest BCUT2D eigenvalue weighted by Gasteiger charge is -2.45. The third-order valence-electron chi connectivity index (χ3n) is 10.2. The average molecular weight is 648 g/mol. The third kappa shape index (κ3) is 5.86. The van der Waals surface area contributed by atoms with E-state index in [2.05, 4.69) is 26.7 Å². The van der Waals surface area contributed by atoms with Crippen molar-refractivity contribution in [2.24, 2.45) is 11.8 Å². The molecule has 1 spiro atoms. The Morgan fingerprint density at radius 1 is 1.09 bits per heavy atom. The number of sulfonamides is 1. The number of hydrogen-bond acceptors (Lipinski definition) is 7. The molecule has 0 radical (unpaired) electrons. The van der Waals surface area contributed by atoms with Crippen molar-refractivity contribution in [3.63, 3.8) is 0 Å². The number of carbonyl (C=O) groups is 1. The van der Waals surface area contributed by atoms with Crippen LogP contribution in [0.1, 0.15) is 71.0 Å². The second kappa shape index (κ2) is 12.1. The van der Waals surface area contributed by atoms with Crippen LogP contribution in [0, 0.1) is 11.8 Å². The zero-order valence-electron chi connectivity index (χ0n) is 25.1. The molecule has 10 heteroatoms. The monoisotopic (exact) mass is 647 g/mol. The van der Waals surface area contributed by atoms with E-state index in [0.29, 0.717) is 37.6 Å². The molecule has 1 amide bonds. The number of carbonyl (C=O) groups excluding carboxylic acids is 1. The number of pyridine rings is 1. The highest BCUT2D eigenvalue weighted by molar-refractivity contribution is 7.90. The summed E-state index contributed by atoms with van der Waals surface area (Å²) in [5.41, 5.74) is 3.59. The van der Waals surface area contributed by atoms with E-state index in [1.807, 2.05) is 18.2 Å². The number of anilines is 1. The van der Waals surface area contributed by atoms with Gasteiger partial charge in [-0.1, -0.05) is 35.9 Å². The van der Waals surface area contributed by atoms with Gasteiger partial charge in [0, 0.05) is 35.3 Å². The minimum absolute atomic E-state index is 0.0944. The summed E-state index contributed by atoms with van der Waals surface area (Å²) >= 11 is 6.40. The summed E-state index contributed by atoms with van der Waals surface area (Å²) in [5.74, 6) is 0.330. The number of hydrogen-bond donors (Lipinski definition) is 2. The molecular weight excluding hydrogens is 610 g/mol. The van der Waals surface area contributed by atoms with E-state index in [-0.39, 0.29) is 29.2 Å². The number of amides is 1. The molecule has 5 atom stereocenters. The summed E-state index contributed by atoms with van der Waals surface area (Å²) in [5, 5.41) is 10.9. The van der Waals surface area contributed by atoms with E-state index >= 15 is 0 Å². The Hall–Kier alpha value is -3.40. The Morgan fingerprint density at radius 2 is 1.98 bits per heavy atom. The van der Waals surface area contributed by atoms with Gasteiger partial charge in [0.05, 0.1) is 24.1 Å². The Kier molecular flexibility index (Phi) is 8.12. The van der Waals surface area contributed by atoms with Crippen LogP contribution in [0.15, 0.2) is 72.9 Å². The van der Waals surface area contributed by atoms with E-state index in [4.69, 9.17) is 16.3 Å². The molecule has 8 nitrogen and oxygen atoms in total. The van der Waals surface area contributed by atoms with Crippen molar-refractivity contribution in [1.29, 1.82) is 0 Å². The molecule has 45 heavy (non-hydrogen) atoms. The van der Waals surface area contributed by atoms with Gasteiger partial charge in [-0.3, -0.25) is 9.78 Å². The minimum Gasteiger partial charge on any atom is -0.490 e. The highest BCUT2D eigenvalue weighted by Crippen LogP contribution is 2.47. The number of allylic oxidation sites excluding steroid dienone is 1. The van der Waals surface area contributed by atoms with Crippen LogP contribution in [0.4, 0.5) is 5.69 Å².